The number of rotatable bonds is 2. The molecule has 3 aliphatic carbocycles. The number of benzene rings is 1. The molecule has 2 saturated heterocycles. The number of hydrogen-bond acceptors (Lipinski definition) is 7. The van der Waals surface area contributed by atoms with E-state index < -0.39 is 41.2 Å². The van der Waals surface area contributed by atoms with Gasteiger partial charge in [0.1, 0.15) is 23.6 Å². The molecule has 3 fully saturated rings. The molecule has 0 amide bonds. The fraction of sp³-hybridized carbons (Fsp3) is 0.567. The first kappa shape index (κ1) is 24.7. The highest BCUT2D eigenvalue weighted by Crippen LogP contribution is 2.70. The maximum atomic E-state index is 17.0. The molecule has 1 aromatic heterocycles. The quantitative estimate of drug-likeness (QED) is 0.450. The van der Waals surface area contributed by atoms with Crippen molar-refractivity contribution < 1.29 is 24.4 Å². The summed E-state index contributed by atoms with van der Waals surface area (Å²) in [4.78, 5) is 6.02. The van der Waals surface area contributed by atoms with Gasteiger partial charge in [0, 0.05) is 29.0 Å². The van der Waals surface area contributed by atoms with Crippen molar-refractivity contribution in [1.29, 1.82) is 0 Å². The zero-order valence-electron chi connectivity index (χ0n) is 22.1. The summed E-state index contributed by atoms with van der Waals surface area (Å²) in [6.07, 6.45) is 3.97. The van der Waals surface area contributed by atoms with E-state index >= 15 is 4.39 Å². The SMILES string of the molecule is CN(C)[C@H]1C[C@@]23CC[C@@]4(O2)C(=CC[C@]2(C)C(c5ccc6cnc(N)cc6c5)=CCC24)C(O)C3(F)[C@@H](O)[C@@H]1O. The molecule has 2 bridgehead atoms. The summed E-state index contributed by atoms with van der Waals surface area (Å²) in [7, 11) is 3.63. The van der Waals surface area contributed by atoms with Gasteiger partial charge in [-0.05, 0) is 80.4 Å². The number of pyridine rings is 1. The molecule has 5 N–H and O–H groups in total. The number of nitrogen functional groups attached to an aromatic ring is 1. The van der Waals surface area contributed by atoms with E-state index in [1.165, 1.54) is 5.57 Å². The largest absolute Gasteiger partial charge is 0.389 e. The summed E-state index contributed by atoms with van der Waals surface area (Å²) >= 11 is 0. The maximum absolute atomic E-state index is 17.0. The fourth-order valence-corrected chi connectivity index (χ4v) is 8.86. The third kappa shape index (κ3) is 2.78. The van der Waals surface area contributed by atoms with Crippen LogP contribution in [0.3, 0.4) is 0 Å². The molecule has 3 unspecified atom stereocenters. The first-order valence-corrected chi connectivity index (χ1v) is 13.6. The van der Waals surface area contributed by atoms with E-state index in [1.54, 1.807) is 6.20 Å². The Balaban J connectivity index is 1.31. The van der Waals surface area contributed by atoms with E-state index in [4.69, 9.17) is 10.5 Å². The van der Waals surface area contributed by atoms with Crippen molar-refractivity contribution in [1.82, 2.24) is 9.88 Å². The zero-order chi connectivity index (χ0) is 26.8. The maximum Gasteiger partial charge on any atom is 0.197 e. The van der Waals surface area contributed by atoms with Crippen LogP contribution in [0, 0.1) is 11.3 Å². The van der Waals surface area contributed by atoms with Gasteiger partial charge in [-0.15, -0.1) is 0 Å². The smallest absolute Gasteiger partial charge is 0.197 e. The molecule has 202 valence electrons. The Bertz CT molecular complexity index is 1410. The summed E-state index contributed by atoms with van der Waals surface area (Å²) in [6.45, 7) is 2.25. The van der Waals surface area contributed by atoms with Crippen molar-refractivity contribution in [3.05, 3.63) is 53.8 Å². The number of allylic oxidation sites excluding steroid dienone is 3. The van der Waals surface area contributed by atoms with Gasteiger partial charge < -0.3 is 30.7 Å². The molecule has 3 heterocycles. The second kappa shape index (κ2) is 7.64. The molecule has 9 atom stereocenters. The van der Waals surface area contributed by atoms with Gasteiger partial charge in [0.05, 0.1) is 11.7 Å². The molecule has 7 rings (SSSR count). The molecule has 5 aliphatic rings. The number of halogens is 1. The minimum atomic E-state index is -2.47. The molecule has 2 aromatic rings. The van der Waals surface area contributed by atoms with Crippen LogP contribution in [-0.4, -0.2) is 80.5 Å². The number of likely N-dealkylation sites (N-methyl/N-ethyl adjacent to an activating group) is 1. The van der Waals surface area contributed by atoms with E-state index in [2.05, 4.69) is 36.2 Å². The number of nitrogens with zero attached hydrogens (tertiary/aromatic N) is 2. The molecule has 7 nitrogen and oxygen atoms in total. The number of anilines is 1. The van der Waals surface area contributed by atoms with Crippen molar-refractivity contribution in [3.8, 4) is 0 Å². The number of nitrogens with two attached hydrogens (primary N) is 1. The standard InChI is InChI=1S/C30H36FN3O4/c1-27-9-8-20-25(36)30(31)26(37)24(35)21(34(2)3)14-28(30)10-11-29(20,38-28)22(27)7-6-19(27)16-4-5-17-15-33-23(32)13-18(17)12-16/h4-6,8,12-13,15,21-22,24-26,35-37H,7,9-11,14H2,1-3H3,(H2,32,33)/t21-,22?,24+,25?,26-,27+,28+,29+,30?/m0/s1. The van der Waals surface area contributed by atoms with Gasteiger partial charge in [-0.3, -0.25) is 0 Å². The van der Waals surface area contributed by atoms with Crippen LogP contribution in [-0.2, 0) is 4.74 Å². The van der Waals surface area contributed by atoms with Crippen molar-refractivity contribution in [3.63, 3.8) is 0 Å². The number of aromatic nitrogens is 1. The Morgan fingerprint density at radius 2 is 1.89 bits per heavy atom. The van der Waals surface area contributed by atoms with E-state index in [0.29, 0.717) is 30.7 Å². The lowest BCUT2D eigenvalue weighted by molar-refractivity contribution is -0.308. The average molecular weight is 522 g/mol. The van der Waals surface area contributed by atoms with Crippen LogP contribution in [0.4, 0.5) is 10.2 Å². The number of aliphatic hydroxyl groups is 3. The first-order valence-electron chi connectivity index (χ1n) is 13.6. The Hall–Kier alpha value is -2.36. The Kier molecular flexibility index (Phi) is 4.96. The molecule has 2 aliphatic heterocycles. The molecular weight excluding hydrogens is 485 g/mol. The summed E-state index contributed by atoms with van der Waals surface area (Å²) < 4.78 is 24.0. The van der Waals surface area contributed by atoms with Crippen LogP contribution in [0.5, 0.6) is 0 Å². The van der Waals surface area contributed by atoms with E-state index in [1.807, 2.05) is 31.1 Å². The van der Waals surface area contributed by atoms with Crippen LogP contribution in [0.2, 0.25) is 0 Å². The third-order valence-corrected chi connectivity index (χ3v) is 10.8. The monoisotopic (exact) mass is 521 g/mol. The second-order valence-electron chi connectivity index (χ2n) is 12.7. The number of hydrogen-bond donors (Lipinski definition) is 4. The van der Waals surface area contributed by atoms with Crippen LogP contribution in [0.25, 0.3) is 16.3 Å². The van der Waals surface area contributed by atoms with Gasteiger partial charge in [0.15, 0.2) is 5.67 Å². The molecular formula is C30H36FN3O4. The van der Waals surface area contributed by atoms with Crippen LogP contribution in [0.15, 0.2) is 48.2 Å². The molecule has 38 heavy (non-hydrogen) atoms. The number of fused-ring (bicyclic) bond motifs is 2. The zero-order valence-corrected chi connectivity index (χ0v) is 22.1. The lowest BCUT2D eigenvalue weighted by Gasteiger charge is -2.62. The first-order chi connectivity index (χ1) is 18.0. The summed E-state index contributed by atoms with van der Waals surface area (Å²) in [5.41, 5.74) is 3.91. The normalized spacial score (nSPS) is 45.4. The lowest BCUT2D eigenvalue weighted by Crippen LogP contribution is -2.78. The van der Waals surface area contributed by atoms with Crippen LogP contribution < -0.4 is 5.73 Å². The number of aliphatic hydroxyl groups excluding tert-OH is 3. The Morgan fingerprint density at radius 1 is 1.11 bits per heavy atom. The van der Waals surface area contributed by atoms with Crippen molar-refractivity contribution in [2.75, 3.05) is 19.8 Å². The second-order valence-corrected chi connectivity index (χ2v) is 12.7. The predicted molar refractivity (Wildman–Crippen MR) is 143 cm³/mol. The van der Waals surface area contributed by atoms with Gasteiger partial charge in [0.2, 0.25) is 0 Å². The van der Waals surface area contributed by atoms with Crippen molar-refractivity contribution in [2.45, 2.75) is 80.3 Å². The van der Waals surface area contributed by atoms with E-state index in [0.717, 1.165) is 22.8 Å². The van der Waals surface area contributed by atoms with Crippen molar-refractivity contribution >= 4 is 22.2 Å². The Labute approximate surface area is 221 Å². The molecule has 8 heteroatoms. The molecule has 1 aromatic carbocycles. The number of ether oxygens (including phenoxy) is 1. The number of alkyl halides is 1. The fourth-order valence-electron chi connectivity index (χ4n) is 8.86. The predicted octanol–water partition coefficient (Wildman–Crippen LogP) is 2.98. The van der Waals surface area contributed by atoms with Gasteiger partial charge in [0.25, 0.3) is 0 Å². The average Bonchev–Trinajstić information content (AvgIpc) is 3.42. The highest BCUT2D eigenvalue weighted by Gasteiger charge is 2.79. The van der Waals surface area contributed by atoms with Gasteiger partial charge in [-0.2, -0.15) is 0 Å². The summed E-state index contributed by atoms with van der Waals surface area (Å²) in [5.74, 6) is 0.498. The van der Waals surface area contributed by atoms with Gasteiger partial charge in [-0.25, -0.2) is 9.37 Å². The van der Waals surface area contributed by atoms with Crippen molar-refractivity contribution in [2.24, 2.45) is 11.3 Å². The summed E-state index contributed by atoms with van der Waals surface area (Å²) in [6, 6.07) is 7.75. The molecule has 1 saturated carbocycles. The molecule has 2 spiro atoms. The minimum Gasteiger partial charge on any atom is -0.389 e. The van der Waals surface area contributed by atoms with Crippen LogP contribution in [0.1, 0.15) is 44.6 Å². The van der Waals surface area contributed by atoms with E-state index in [9.17, 15) is 15.3 Å². The third-order valence-electron chi connectivity index (χ3n) is 10.8. The lowest BCUT2D eigenvalue weighted by atomic mass is 9.55. The summed E-state index contributed by atoms with van der Waals surface area (Å²) in [5, 5.41) is 35.7. The van der Waals surface area contributed by atoms with Gasteiger partial charge >= 0.3 is 0 Å². The van der Waals surface area contributed by atoms with Gasteiger partial charge in [-0.1, -0.05) is 31.2 Å². The Morgan fingerprint density at radius 3 is 2.66 bits per heavy atom. The highest BCUT2D eigenvalue weighted by molar-refractivity contribution is 5.88. The molecule has 0 radical (unpaired) electrons. The minimum absolute atomic E-state index is 0.0172. The highest BCUT2D eigenvalue weighted by atomic mass is 19.1. The van der Waals surface area contributed by atoms with Crippen LogP contribution >= 0.6 is 0 Å². The van der Waals surface area contributed by atoms with E-state index in [-0.39, 0.29) is 17.8 Å². The topological polar surface area (TPSA) is 112 Å².